The van der Waals surface area contributed by atoms with Crippen LogP contribution >= 0.6 is 0 Å². The van der Waals surface area contributed by atoms with Gasteiger partial charge in [0.05, 0.1) is 5.69 Å². The monoisotopic (exact) mass is 412 g/mol. The van der Waals surface area contributed by atoms with Crippen LogP contribution in [0.15, 0.2) is 72.4 Å². The summed E-state index contributed by atoms with van der Waals surface area (Å²) >= 11 is 0. The molecule has 5 heterocycles. The number of carbonyl (C=O) groups is 1. The highest BCUT2D eigenvalue weighted by molar-refractivity contribution is 6.00. The quantitative estimate of drug-likeness (QED) is 0.817. The molecule has 5 heteroatoms. The highest BCUT2D eigenvalue weighted by Gasteiger charge is 2.23. The van der Waals surface area contributed by atoms with Crippen molar-refractivity contribution in [2.75, 3.05) is 13.1 Å². The van der Waals surface area contributed by atoms with Gasteiger partial charge < -0.3 is 9.72 Å². The molecule has 2 aromatic heterocycles. The van der Waals surface area contributed by atoms with Gasteiger partial charge in [-0.15, -0.1) is 0 Å². The van der Waals surface area contributed by atoms with Crippen LogP contribution in [0.3, 0.4) is 0 Å². The van der Waals surface area contributed by atoms with Crippen molar-refractivity contribution in [3.05, 3.63) is 89.2 Å². The normalized spacial score (nSPS) is 24.0. The molecule has 3 aliphatic rings. The van der Waals surface area contributed by atoms with Crippen LogP contribution < -0.4 is 5.32 Å². The molecule has 158 valence electrons. The number of hydrogen-bond donors (Lipinski definition) is 1. The Balaban J connectivity index is 1.52. The van der Waals surface area contributed by atoms with Gasteiger partial charge in [0.15, 0.2) is 0 Å². The number of aromatic nitrogens is 2. The van der Waals surface area contributed by atoms with Crippen molar-refractivity contribution in [1.82, 2.24) is 19.6 Å². The number of rotatable bonds is 3. The zero-order chi connectivity index (χ0) is 21.4. The van der Waals surface area contributed by atoms with Crippen LogP contribution in [0.1, 0.15) is 36.6 Å². The average Bonchev–Trinajstić information content (AvgIpc) is 3.17. The van der Waals surface area contributed by atoms with Gasteiger partial charge in [0, 0.05) is 30.4 Å². The van der Waals surface area contributed by atoms with E-state index in [-0.39, 0.29) is 5.91 Å². The summed E-state index contributed by atoms with van der Waals surface area (Å²) in [5, 5.41) is 3.42. The molecule has 0 atom stereocenters. The van der Waals surface area contributed by atoms with Crippen molar-refractivity contribution in [3.63, 3.8) is 0 Å². The topological polar surface area (TPSA) is 49.6 Å². The molecule has 0 aliphatic carbocycles. The lowest BCUT2D eigenvalue weighted by Gasteiger charge is -2.29. The molecule has 0 aromatic carbocycles. The van der Waals surface area contributed by atoms with Crippen molar-refractivity contribution in [2.45, 2.75) is 33.1 Å². The summed E-state index contributed by atoms with van der Waals surface area (Å²) in [6.07, 6.45) is 21.3. The summed E-state index contributed by atoms with van der Waals surface area (Å²) < 4.78 is 2.07. The number of pyridine rings is 1. The van der Waals surface area contributed by atoms with Crippen LogP contribution in [-0.2, 0) is 11.2 Å². The number of imidazole rings is 1. The third kappa shape index (κ3) is 3.81. The van der Waals surface area contributed by atoms with Crippen molar-refractivity contribution < 1.29 is 4.79 Å². The van der Waals surface area contributed by atoms with Gasteiger partial charge in [-0.25, -0.2) is 4.98 Å². The number of hydrogen-bond acceptors (Lipinski definition) is 3. The molecule has 1 N–H and O–H groups in total. The predicted octanol–water partition coefficient (Wildman–Crippen LogP) is 4.32. The van der Waals surface area contributed by atoms with E-state index in [0.29, 0.717) is 5.92 Å². The minimum Gasteiger partial charge on any atom is -0.317 e. The summed E-state index contributed by atoms with van der Waals surface area (Å²) in [5.41, 5.74) is 7.25. The lowest BCUT2D eigenvalue weighted by Crippen LogP contribution is -2.31. The van der Waals surface area contributed by atoms with E-state index in [2.05, 4.69) is 46.0 Å². The van der Waals surface area contributed by atoms with E-state index in [1.54, 1.807) is 11.0 Å². The van der Waals surface area contributed by atoms with Gasteiger partial charge in [-0.05, 0) is 85.7 Å². The van der Waals surface area contributed by atoms with E-state index in [0.717, 1.165) is 60.5 Å². The molecule has 0 unspecified atom stereocenters. The van der Waals surface area contributed by atoms with E-state index >= 15 is 0 Å². The number of carbonyl (C=O) groups excluding carboxylic acids is 1. The smallest absolute Gasteiger partial charge is 0.255 e. The number of allylic oxidation sites excluding steroid dienone is 7. The number of nitrogens with zero attached hydrogens (tertiary/aromatic N) is 3. The van der Waals surface area contributed by atoms with E-state index in [1.807, 2.05) is 37.5 Å². The summed E-state index contributed by atoms with van der Waals surface area (Å²) in [6.45, 7) is 6.22. The van der Waals surface area contributed by atoms with E-state index in [9.17, 15) is 4.79 Å². The molecule has 5 rings (SSSR count). The molecular weight excluding hydrogens is 384 g/mol. The van der Waals surface area contributed by atoms with Crippen LogP contribution in [0.2, 0.25) is 0 Å². The Morgan fingerprint density at radius 3 is 2.81 bits per heavy atom. The maximum Gasteiger partial charge on any atom is 0.255 e. The van der Waals surface area contributed by atoms with Crippen LogP contribution in [0.25, 0.3) is 11.2 Å². The minimum absolute atomic E-state index is 0.0126. The second-order valence-electron chi connectivity index (χ2n) is 8.47. The Morgan fingerprint density at radius 2 is 2.00 bits per heavy atom. The molecule has 0 spiro atoms. The van der Waals surface area contributed by atoms with E-state index in [4.69, 9.17) is 0 Å². The van der Waals surface area contributed by atoms with Crippen LogP contribution in [0.5, 0.6) is 0 Å². The zero-order valence-electron chi connectivity index (χ0n) is 18.1. The first kappa shape index (κ1) is 19.8. The van der Waals surface area contributed by atoms with Gasteiger partial charge >= 0.3 is 0 Å². The number of amides is 1. The SMILES string of the molecule is CCc1cc(C2=C\C(=O)N3C=C(C4CCNCC4)C=C\C3=C/C=C/2)cn2cc(C)nc12. The first-order valence-electron chi connectivity index (χ1n) is 11.1. The number of piperidine rings is 1. The first-order chi connectivity index (χ1) is 15.1. The molecule has 0 saturated carbocycles. The van der Waals surface area contributed by atoms with Crippen molar-refractivity contribution in [2.24, 2.45) is 5.92 Å². The fraction of sp³-hybridized carbons (Fsp3) is 0.308. The summed E-state index contributed by atoms with van der Waals surface area (Å²) in [4.78, 5) is 19.7. The average molecular weight is 413 g/mol. The lowest BCUT2D eigenvalue weighted by atomic mass is 9.88. The maximum atomic E-state index is 13.3. The molecule has 5 nitrogen and oxygen atoms in total. The maximum absolute atomic E-state index is 13.3. The Labute approximate surface area is 183 Å². The fourth-order valence-corrected chi connectivity index (χ4v) is 4.64. The second kappa shape index (κ2) is 8.16. The lowest BCUT2D eigenvalue weighted by molar-refractivity contribution is -0.122. The molecule has 1 amide bonds. The second-order valence-corrected chi connectivity index (χ2v) is 8.47. The fourth-order valence-electron chi connectivity index (χ4n) is 4.64. The van der Waals surface area contributed by atoms with Crippen LogP contribution in [0.4, 0.5) is 0 Å². The van der Waals surface area contributed by atoms with E-state index < -0.39 is 0 Å². The molecule has 1 saturated heterocycles. The Bertz CT molecular complexity index is 1190. The standard InChI is InChI=1S/C26H28N4O/c1-3-19-13-23(16-29-15-18(2)28-26(19)29)21-5-4-6-24-8-7-22(17-30(24)25(31)14-21)20-9-11-27-12-10-20/h4-8,13-17,20,27H,3,9-12H2,1-2H3/b5-4+,21-14+,24-6+. The molecule has 3 aliphatic heterocycles. The Kier molecular flexibility index (Phi) is 5.20. The minimum atomic E-state index is -0.0126. The third-order valence-electron chi connectivity index (χ3n) is 6.33. The predicted molar refractivity (Wildman–Crippen MR) is 124 cm³/mol. The summed E-state index contributed by atoms with van der Waals surface area (Å²) in [5.74, 6) is 0.497. The van der Waals surface area contributed by atoms with E-state index in [1.165, 1.54) is 11.1 Å². The summed E-state index contributed by atoms with van der Waals surface area (Å²) in [7, 11) is 0. The highest BCUT2D eigenvalue weighted by Crippen LogP contribution is 2.30. The van der Waals surface area contributed by atoms with Gasteiger partial charge in [-0.2, -0.15) is 0 Å². The van der Waals surface area contributed by atoms with Gasteiger partial charge in [0.1, 0.15) is 5.65 Å². The van der Waals surface area contributed by atoms with Gasteiger partial charge in [-0.1, -0.05) is 25.2 Å². The van der Waals surface area contributed by atoms with Crippen LogP contribution in [-0.4, -0.2) is 33.3 Å². The molecule has 0 bridgehead atoms. The number of fused-ring (bicyclic) bond motifs is 2. The molecule has 31 heavy (non-hydrogen) atoms. The Hall–Kier alpha value is -3.18. The van der Waals surface area contributed by atoms with Crippen LogP contribution in [0, 0.1) is 12.8 Å². The molecule has 1 fully saturated rings. The van der Waals surface area contributed by atoms with Gasteiger partial charge in [0.25, 0.3) is 5.91 Å². The number of aryl methyl sites for hydroxylation is 2. The largest absolute Gasteiger partial charge is 0.317 e. The van der Waals surface area contributed by atoms with Crippen molar-refractivity contribution in [1.29, 1.82) is 0 Å². The Morgan fingerprint density at radius 1 is 1.16 bits per heavy atom. The molecule has 0 radical (unpaired) electrons. The third-order valence-corrected chi connectivity index (χ3v) is 6.33. The first-order valence-corrected chi connectivity index (χ1v) is 11.1. The molecule has 2 aromatic rings. The van der Waals surface area contributed by atoms with Crippen molar-refractivity contribution in [3.8, 4) is 0 Å². The highest BCUT2D eigenvalue weighted by atomic mass is 16.2. The van der Waals surface area contributed by atoms with Crippen molar-refractivity contribution >= 4 is 17.1 Å². The number of nitrogens with one attached hydrogen (secondary N) is 1. The van der Waals surface area contributed by atoms with Gasteiger partial charge in [0.2, 0.25) is 0 Å². The summed E-state index contributed by atoms with van der Waals surface area (Å²) in [6, 6.07) is 2.16. The molecular formula is C26H28N4O. The van der Waals surface area contributed by atoms with Gasteiger partial charge in [-0.3, -0.25) is 9.69 Å². The zero-order valence-corrected chi connectivity index (χ0v) is 18.1.